The molecule has 0 N–H and O–H groups in total. The minimum atomic E-state index is 0.764. The Bertz CT molecular complexity index is 640. The monoisotopic (exact) mass is 460 g/mol. The first-order valence-corrected chi connectivity index (χ1v) is 8.52. The predicted molar refractivity (Wildman–Crippen MR) is 79.0 cm³/mol. The van der Waals surface area contributed by atoms with E-state index in [4.69, 9.17) is 0 Å². The molecule has 5 nitrogen and oxygen atoms in total. The van der Waals surface area contributed by atoms with Gasteiger partial charge in [-0.2, -0.15) is 0 Å². The molecule has 3 rings (SSSR count). The fourth-order valence-electron chi connectivity index (χ4n) is 2.54. The number of fused-ring (bicyclic) bond motifs is 1. The summed E-state index contributed by atoms with van der Waals surface area (Å²) in [5, 5.41) is 0. The zero-order valence-electron chi connectivity index (χ0n) is 11.4. The molecule has 1 aromatic carbocycles. The van der Waals surface area contributed by atoms with Gasteiger partial charge in [0, 0.05) is 0 Å². The van der Waals surface area contributed by atoms with Gasteiger partial charge < -0.3 is 0 Å². The Morgan fingerprint density at radius 3 is 3.05 bits per heavy atom. The molecule has 1 amide bonds. The van der Waals surface area contributed by atoms with E-state index in [1.807, 2.05) is 12.4 Å². The number of rotatable bonds is 4. The molecule has 0 atom stereocenters. The van der Waals surface area contributed by atoms with Crippen molar-refractivity contribution >= 4 is 43.9 Å². The molecule has 1 aliphatic heterocycles. The Morgan fingerprint density at radius 1 is 1.50 bits per heavy atom. The van der Waals surface area contributed by atoms with Crippen molar-refractivity contribution in [1.29, 1.82) is 0 Å². The second-order valence-corrected chi connectivity index (χ2v) is 7.33. The van der Waals surface area contributed by atoms with E-state index in [2.05, 4.69) is 30.6 Å². The van der Waals surface area contributed by atoms with Crippen LogP contribution in [0.4, 0.5) is 11.4 Å². The van der Waals surface area contributed by atoms with Crippen molar-refractivity contribution in [3.63, 3.8) is 0 Å². The predicted octanol–water partition coefficient (Wildman–Crippen LogP) is 0.970. The molecule has 2 heterocycles. The molecule has 100 valence electrons. The van der Waals surface area contributed by atoms with Gasteiger partial charge in [0.1, 0.15) is 0 Å². The van der Waals surface area contributed by atoms with Crippen molar-refractivity contribution in [2.75, 3.05) is 23.4 Å². The van der Waals surface area contributed by atoms with Crippen molar-refractivity contribution < 1.29 is 4.79 Å². The van der Waals surface area contributed by atoms with E-state index in [0.717, 1.165) is 63.4 Å². The first-order chi connectivity index (χ1) is 9.67. The quantitative estimate of drug-likeness (QED) is 0.505. The molecule has 0 radical (unpaired) electrons. The van der Waals surface area contributed by atoms with E-state index >= 15 is 0 Å². The summed E-state index contributed by atoms with van der Waals surface area (Å²) in [6.07, 6.45) is 5.91. The molecule has 0 bridgehead atoms. The Morgan fingerprint density at radius 2 is 2.35 bits per heavy atom. The van der Waals surface area contributed by atoms with E-state index < -0.39 is 0 Å². The summed E-state index contributed by atoms with van der Waals surface area (Å²) in [4.78, 5) is 19.2. The summed E-state index contributed by atoms with van der Waals surface area (Å²) in [5.74, 6) is 0. The van der Waals surface area contributed by atoms with Crippen LogP contribution in [-0.4, -0.2) is 53.4 Å². The first kappa shape index (κ1) is 13.6. The average molecular weight is 460 g/mol. The molecule has 2 aromatic rings. The maximum atomic E-state index is 10.9. The van der Waals surface area contributed by atoms with E-state index in [1.54, 1.807) is 11.9 Å². The van der Waals surface area contributed by atoms with Gasteiger partial charge in [0.25, 0.3) is 0 Å². The van der Waals surface area contributed by atoms with E-state index in [-0.39, 0.29) is 0 Å². The Labute approximate surface area is 134 Å². The van der Waals surface area contributed by atoms with Crippen LogP contribution in [0.1, 0.15) is 11.3 Å². The van der Waals surface area contributed by atoms with Crippen molar-refractivity contribution in [3.8, 4) is 0 Å². The van der Waals surface area contributed by atoms with Crippen LogP contribution in [0.2, 0.25) is 0 Å². The van der Waals surface area contributed by atoms with Crippen LogP contribution in [0.15, 0.2) is 30.7 Å². The molecule has 0 saturated carbocycles. The number of nitrogens with zero attached hydrogens (tertiary/aromatic N) is 4. The van der Waals surface area contributed by atoms with E-state index in [0.29, 0.717) is 0 Å². The number of carbonyl (C=O) groups excluding carboxylic acids is 1. The Hall–Kier alpha value is -1.38. The molecular formula is C14H15N4OTl. The van der Waals surface area contributed by atoms with Gasteiger partial charge in [0.15, 0.2) is 0 Å². The summed E-state index contributed by atoms with van der Waals surface area (Å²) < 4.78 is 2.13. The van der Waals surface area contributed by atoms with E-state index in [1.165, 1.54) is 11.3 Å². The molecule has 6 heteroatoms. The second-order valence-electron chi connectivity index (χ2n) is 5.01. The summed E-state index contributed by atoms with van der Waals surface area (Å²) in [7, 11) is 1.78. The van der Waals surface area contributed by atoms with Crippen molar-refractivity contribution in [1.82, 2.24) is 7.36 Å². The molecule has 0 saturated heterocycles. The summed E-state index contributed by atoms with van der Waals surface area (Å²) >= 11 is 0.764. The van der Waals surface area contributed by atoms with Crippen LogP contribution < -0.4 is 9.80 Å². The number of benzene rings is 1. The summed E-state index contributed by atoms with van der Waals surface area (Å²) in [6.45, 7) is 1.85. The normalized spacial score (nSPS) is 13.3. The van der Waals surface area contributed by atoms with Crippen LogP contribution in [0, 0.1) is 0 Å². The molecule has 1 aromatic heterocycles. The van der Waals surface area contributed by atoms with Crippen LogP contribution in [0.3, 0.4) is 0 Å². The number of amides is 1. The van der Waals surface area contributed by atoms with Gasteiger partial charge >= 0.3 is 134 Å². The number of hydrogen-bond donors (Lipinski definition) is 0. The van der Waals surface area contributed by atoms with Crippen LogP contribution in [0.25, 0.3) is 0 Å². The third kappa shape index (κ3) is 2.58. The van der Waals surface area contributed by atoms with Crippen molar-refractivity contribution in [2.24, 2.45) is 0 Å². The van der Waals surface area contributed by atoms with Gasteiger partial charge in [-0.05, 0) is 0 Å². The standard InChI is InChI=1S/C14H15N4O.Tl/c1-17(10-19)13-3-2-11-4-5-18(14(11)6-13)8-12-7-15-9-16-12;/h2-3,6-7,9-10H,4-5,8H2,1H3;/q-1;+1. The fourth-order valence-corrected chi connectivity index (χ4v) is 3.46. The fraction of sp³-hybridized carbons (Fsp3) is 0.286. The van der Waals surface area contributed by atoms with Crippen molar-refractivity contribution in [2.45, 2.75) is 13.0 Å². The Balaban J connectivity index is 1.86. The third-order valence-corrected chi connectivity index (χ3v) is 4.73. The molecular weight excluding hydrogens is 445 g/mol. The molecule has 0 aliphatic carbocycles. The van der Waals surface area contributed by atoms with Gasteiger partial charge in [-0.3, -0.25) is 0 Å². The third-order valence-electron chi connectivity index (χ3n) is 3.63. The van der Waals surface area contributed by atoms with Gasteiger partial charge in [-0.1, -0.05) is 0 Å². The van der Waals surface area contributed by atoms with Crippen LogP contribution in [-0.2, 0) is 17.8 Å². The van der Waals surface area contributed by atoms with Gasteiger partial charge in [-0.15, -0.1) is 0 Å². The van der Waals surface area contributed by atoms with Gasteiger partial charge in [0.05, 0.1) is 0 Å². The number of carbonyl (C=O) groups is 1. The van der Waals surface area contributed by atoms with Gasteiger partial charge in [0.2, 0.25) is 0 Å². The maximum absolute atomic E-state index is 10.9. The molecule has 20 heavy (non-hydrogen) atoms. The summed E-state index contributed by atoms with van der Waals surface area (Å²) in [5.41, 5.74) is 4.61. The molecule has 0 unspecified atom stereocenters. The minimum absolute atomic E-state index is 0.764. The second kappa shape index (κ2) is 5.55. The number of hydrogen-bond acceptors (Lipinski definition) is 3. The topological polar surface area (TPSA) is 41.4 Å². The summed E-state index contributed by atoms with van der Waals surface area (Å²) in [6, 6.07) is 6.22. The molecule has 0 spiro atoms. The molecule has 1 aliphatic rings. The number of imidazole rings is 1. The average Bonchev–Trinajstić information content (AvgIpc) is 3.05. The van der Waals surface area contributed by atoms with E-state index in [9.17, 15) is 4.79 Å². The zero-order valence-corrected chi connectivity index (χ0v) is 15.8. The van der Waals surface area contributed by atoms with Crippen molar-refractivity contribution in [3.05, 3.63) is 42.0 Å². The van der Waals surface area contributed by atoms with Gasteiger partial charge in [-0.25, -0.2) is 0 Å². The Kier molecular flexibility index (Phi) is 3.77. The van der Waals surface area contributed by atoms with Crippen LogP contribution in [0.5, 0.6) is 0 Å². The SMILES string of the molecule is CN(C=O)c1ccc2c(c1)N(Cc1c[n]([Tl])cn1)CC2. The number of aromatic nitrogens is 2. The van der Waals surface area contributed by atoms with Crippen LogP contribution >= 0.6 is 0 Å². The first-order valence-electron chi connectivity index (χ1n) is 6.51. The number of anilines is 2. The molecule has 0 fully saturated rings. The zero-order chi connectivity index (χ0) is 14.1.